The van der Waals surface area contributed by atoms with E-state index in [1.165, 1.54) is 37.0 Å². The van der Waals surface area contributed by atoms with Crippen molar-refractivity contribution < 1.29 is 0 Å². The van der Waals surface area contributed by atoms with Gasteiger partial charge < -0.3 is 0 Å². The van der Waals surface area contributed by atoms with Crippen LogP contribution < -0.4 is 0 Å². The highest BCUT2D eigenvalue weighted by Crippen LogP contribution is 2.25. The van der Waals surface area contributed by atoms with Crippen molar-refractivity contribution in [1.29, 1.82) is 0 Å². The quantitative estimate of drug-likeness (QED) is 0.643. The third kappa shape index (κ3) is 2.68. The first-order valence-corrected chi connectivity index (χ1v) is 5.88. The summed E-state index contributed by atoms with van der Waals surface area (Å²) in [6.45, 7) is 4.46. The molecule has 1 nitrogen and oxygen atoms in total. The fraction of sp³-hybridized carbons (Fsp3) is 0.500. The minimum absolute atomic E-state index is 0.821. The Morgan fingerprint density at radius 3 is 2.80 bits per heavy atom. The molecule has 0 saturated heterocycles. The standard InChI is InChI=1S/C14H19N/c1-11-6-5-8-13(10-11)15-14-9-4-3-7-12(14)2/h3-4,7,9,11H,5-6,8,10H2,1-2H3. The largest absolute Gasteiger partial charge is 0.258 e. The van der Waals surface area contributed by atoms with Gasteiger partial charge in [0.2, 0.25) is 0 Å². The van der Waals surface area contributed by atoms with Crippen molar-refractivity contribution in [3.8, 4) is 0 Å². The second-order valence-electron chi connectivity index (χ2n) is 4.67. The average molecular weight is 201 g/mol. The molecular formula is C14H19N. The SMILES string of the molecule is Cc1ccccc1N=C1CCCC(C)C1. The zero-order valence-electron chi connectivity index (χ0n) is 9.66. The Hall–Kier alpha value is -1.11. The monoisotopic (exact) mass is 201 g/mol. The molecule has 0 aromatic heterocycles. The number of benzene rings is 1. The highest BCUT2D eigenvalue weighted by Gasteiger charge is 2.13. The summed E-state index contributed by atoms with van der Waals surface area (Å²) in [5.74, 6) is 0.821. The van der Waals surface area contributed by atoms with E-state index in [1.54, 1.807) is 0 Å². The molecule has 1 atom stereocenters. The van der Waals surface area contributed by atoms with Crippen molar-refractivity contribution in [2.24, 2.45) is 10.9 Å². The number of rotatable bonds is 1. The first kappa shape index (κ1) is 10.4. The van der Waals surface area contributed by atoms with Crippen LogP contribution in [0.1, 0.15) is 38.2 Å². The molecule has 15 heavy (non-hydrogen) atoms. The van der Waals surface area contributed by atoms with E-state index in [0.29, 0.717) is 0 Å². The summed E-state index contributed by atoms with van der Waals surface area (Å²) < 4.78 is 0. The molecule has 0 aliphatic heterocycles. The summed E-state index contributed by atoms with van der Waals surface area (Å²) in [4.78, 5) is 4.78. The van der Waals surface area contributed by atoms with Crippen LogP contribution in [0, 0.1) is 12.8 Å². The lowest BCUT2D eigenvalue weighted by Crippen LogP contribution is -2.12. The Morgan fingerprint density at radius 2 is 2.07 bits per heavy atom. The van der Waals surface area contributed by atoms with Crippen molar-refractivity contribution in [1.82, 2.24) is 0 Å². The maximum absolute atomic E-state index is 4.78. The van der Waals surface area contributed by atoms with E-state index in [4.69, 9.17) is 4.99 Å². The van der Waals surface area contributed by atoms with Gasteiger partial charge in [-0.1, -0.05) is 25.1 Å². The maximum atomic E-state index is 4.78. The molecule has 80 valence electrons. The molecule has 1 saturated carbocycles. The third-order valence-electron chi connectivity index (χ3n) is 3.14. The fourth-order valence-electron chi connectivity index (χ4n) is 2.22. The van der Waals surface area contributed by atoms with Crippen molar-refractivity contribution in [3.63, 3.8) is 0 Å². The minimum Gasteiger partial charge on any atom is -0.258 e. The Bertz CT molecular complexity index is 365. The van der Waals surface area contributed by atoms with E-state index in [-0.39, 0.29) is 0 Å². The van der Waals surface area contributed by atoms with Crippen LogP contribution >= 0.6 is 0 Å². The molecule has 1 aliphatic carbocycles. The van der Waals surface area contributed by atoms with Crippen LogP contribution in [0.2, 0.25) is 0 Å². The zero-order chi connectivity index (χ0) is 10.7. The second kappa shape index (κ2) is 4.61. The van der Waals surface area contributed by atoms with Crippen LogP contribution in [0.4, 0.5) is 5.69 Å². The molecule has 0 spiro atoms. The Labute approximate surface area is 92.2 Å². The highest BCUT2D eigenvalue weighted by molar-refractivity contribution is 5.87. The van der Waals surface area contributed by atoms with Gasteiger partial charge in [-0.2, -0.15) is 0 Å². The molecule has 1 aromatic rings. The highest BCUT2D eigenvalue weighted by atomic mass is 14.8. The molecule has 0 amide bonds. The first-order valence-electron chi connectivity index (χ1n) is 5.88. The Kier molecular flexibility index (Phi) is 3.20. The van der Waals surface area contributed by atoms with Crippen LogP contribution in [-0.2, 0) is 0 Å². The van der Waals surface area contributed by atoms with Gasteiger partial charge in [-0.15, -0.1) is 0 Å². The molecule has 1 aliphatic rings. The molecule has 1 aromatic carbocycles. The van der Waals surface area contributed by atoms with Gasteiger partial charge >= 0.3 is 0 Å². The van der Waals surface area contributed by atoms with E-state index in [2.05, 4.69) is 38.1 Å². The van der Waals surface area contributed by atoms with Gasteiger partial charge in [0, 0.05) is 5.71 Å². The van der Waals surface area contributed by atoms with E-state index >= 15 is 0 Å². The van der Waals surface area contributed by atoms with Gasteiger partial charge in [0.05, 0.1) is 5.69 Å². The number of hydrogen-bond donors (Lipinski definition) is 0. The topological polar surface area (TPSA) is 12.4 Å². The number of aliphatic imine (C=N–C) groups is 1. The summed E-state index contributed by atoms with van der Waals surface area (Å²) in [7, 11) is 0. The predicted octanol–water partition coefficient (Wildman–Crippen LogP) is 4.28. The van der Waals surface area contributed by atoms with Crippen LogP contribution in [0.5, 0.6) is 0 Å². The number of para-hydroxylation sites is 1. The van der Waals surface area contributed by atoms with Crippen LogP contribution in [0.3, 0.4) is 0 Å². The molecule has 0 N–H and O–H groups in total. The summed E-state index contributed by atoms with van der Waals surface area (Å²) in [6.07, 6.45) is 5.06. The molecule has 0 bridgehead atoms. The molecular weight excluding hydrogens is 182 g/mol. The van der Waals surface area contributed by atoms with E-state index in [1.807, 2.05) is 0 Å². The summed E-state index contributed by atoms with van der Waals surface area (Å²) in [6, 6.07) is 8.38. The molecule has 1 unspecified atom stereocenters. The molecule has 0 radical (unpaired) electrons. The van der Waals surface area contributed by atoms with Crippen molar-refractivity contribution in [2.45, 2.75) is 39.5 Å². The van der Waals surface area contributed by atoms with E-state index < -0.39 is 0 Å². The molecule has 1 heteroatoms. The Balaban J connectivity index is 2.18. The van der Waals surface area contributed by atoms with E-state index in [0.717, 1.165) is 11.6 Å². The lowest BCUT2D eigenvalue weighted by Gasteiger charge is -2.19. The lowest BCUT2D eigenvalue weighted by atomic mass is 9.89. The third-order valence-corrected chi connectivity index (χ3v) is 3.14. The normalized spacial score (nSPS) is 24.4. The fourth-order valence-corrected chi connectivity index (χ4v) is 2.22. The maximum Gasteiger partial charge on any atom is 0.0658 e. The van der Waals surface area contributed by atoms with Crippen molar-refractivity contribution in [3.05, 3.63) is 29.8 Å². The van der Waals surface area contributed by atoms with Gasteiger partial charge in [0.1, 0.15) is 0 Å². The van der Waals surface area contributed by atoms with Gasteiger partial charge in [-0.05, 0) is 50.2 Å². The molecule has 2 rings (SSSR count). The summed E-state index contributed by atoms with van der Waals surface area (Å²) in [5.41, 5.74) is 3.83. The van der Waals surface area contributed by atoms with Gasteiger partial charge in [-0.25, -0.2) is 0 Å². The lowest BCUT2D eigenvalue weighted by molar-refractivity contribution is 0.500. The number of hydrogen-bond acceptors (Lipinski definition) is 1. The van der Waals surface area contributed by atoms with Gasteiger partial charge in [0.15, 0.2) is 0 Å². The van der Waals surface area contributed by atoms with Crippen LogP contribution in [-0.4, -0.2) is 5.71 Å². The van der Waals surface area contributed by atoms with Gasteiger partial charge in [-0.3, -0.25) is 4.99 Å². The summed E-state index contributed by atoms with van der Waals surface area (Å²) >= 11 is 0. The molecule has 0 heterocycles. The number of aryl methyl sites for hydroxylation is 1. The number of nitrogens with zero attached hydrogens (tertiary/aromatic N) is 1. The zero-order valence-corrected chi connectivity index (χ0v) is 9.66. The van der Waals surface area contributed by atoms with Crippen molar-refractivity contribution in [2.75, 3.05) is 0 Å². The molecule has 1 fully saturated rings. The Morgan fingerprint density at radius 1 is 1.27 bits per heavy atom. The average Bonchev–Trinajstić information content (AvgIpc) is 2.22. The van der Waals surface area contributed by atoms with Gasteiger partial charge in [0.25, 0.3) is 0 Å². The van der Waals surface area contributed by atoms with Crippen LogP contribution in [0.15, 0.2) is 29.3 Å². The van der Waals surface area contributed by atoms with E-state index in [9.17, 15) is 0 Å². The summed E-state index contributed by atoms with van der Waals surface area (Å²) in [5, 5.41) is 0. The smallest absolute Gasteiger partial charge is 0.0658 e. The first-order chi connectivity index (χ1) is 7.25. The minimum atomic E-state index is 0.821. The second-order valence-corrected chi connectivity index (χ2v) is 4.67. The predicted molar refractivity (Wildman–Crippen MR) is 65.9 cm³/mol. The van der Waals surface area contributed by atoms with Crippen LogP contribution in [0.25, 0.3) is 0 Å². The van der Waals surface area contributed by atoms with Crippen molar-refractivity contribution >= 4 is 11.4 Å².